The Bertz CT molecular complexity index is 680. The van der Waals surface area contributed by atoms with Gasteiger partial charge >= 0.3 is 0 Å². The molecule has 23 heavy (non-hydrogen) atoms. The van der Waals surface area contributed by atoms with Crippen LogP contribution < -0.4 is 10.2 Å². The molecule has 5 heteroatoms. The number of rotatable bonds is 2. The van der Waals surface area contributed by atoms with Gasteiger partial charge in [-0.25, -0.2) is 5.01 Å². The highest BCUT2D eigenvalue weighted by Crippen LogP contribution is 2.43. The topological polar surface area (TPSA) is 50.8 Å². The minimum atomic E-state index is -0.362. The van der Waals surface area contributed by atoms with Gasteiger partial charge in [0.2, 0.25) is 5.91 Å². The van der Waals surface area contributed by atoms with Crippen LogP contribution in [0, 0.1) is 0 Å². The number of benzene rings is 2. The SMILES string of the molecule is O=C(NN1CCOCC1)C1c2ccccc2Oc2ccccc21. The second-order valence-corrected chi connectivity index (χ2v) is 5.69. The molecule has 0 aliphatic carbocycles. The molecule has 5 nitrogen and oxygen atoms in total. The van der Waals surface area contributed by atoms with E-state index in [4.69, 9.17) is 9.47 Å². The fraction of sp³-hybridized carbons (Fsp3) is 0.278. The van der Waals surface area contributed by atoms with Gasteiger partial charge in [0.05, 0.1) is 19.1 Å². The summed E-state index contributed by atoms with van der Waals surface area (Å²) in [5.41, 5.74) is 4.83. The van der Waals surface area contributed by atoms with Crippen LogP contribution in [0.4, 0.5) is 0 Å². The number of hydrogen-bond acceptors (Lipinski definition) is 4. The first-order chi connectivity index (χ1) is 11.3. The van der Waals surface area contributed by atoms with Crippen LogP contribution in [0.15, 0.2) is 48.5 Å². The molecule has 2 aromatic carbocycles. The third-order valence-corrected chi connectivity index (χ3v) is 4.22. The summed E-state index contributed by atoms with van der Waals surface area (Å²) in [6.45, 7) is 2.69. The van der Waals surface area contributed by atoms with Gasteiger partial charge in [0.15, 0.2) is 0 Å². The molecule has 1 fully saturated rings. The standard InChI is InChI=1S/C18H18N2O3/c21-18(19-20-9-11-22-12-10-20)17-13-5-1-3-7-15(13)23-16-8-4-2-6-14(16)17/h1-8,17H,9-12H2,(H,19,21). The molecule has 0 spiro atoms. The number of morpholine rings is 1. The van der Waals surface area contributed by atoms with E-state index in [0.717, 1.165) is 22.6 Å². The van der Waals surface area contributed by atoms with Gasteiger partial charge in [-0.2, -0.15) is 0 Å². The van der Waals surface area contributed by atoms with E-state index in [2.05, 4.69) is 5.43 Å². The summed E-state index contributed by atoms with van der Waals surface area (Å²) in [5.74, 6) is 1.09. The highest BCUT2D eigenvalue weighted by Gasteiger charge is 2.33. The summed E-state index contributed by atoms with van der Waals surface area (Å²) in [7, 11) is 0. The van der Waals surface area contributed by atoms with Gasteiger partial charge in [-0.3, -0.25) is 10.2 Å². The molecule has 0 radical (unpaired) electrons. The summed E-state index contributed by atoms with van der Waals surface area (Å²) in [4.78, 5) is 12.9. The second-order valence-electron chi connectivity index (χ2n) is 5.69. The van der Waals surface area contributed by atoms with E-state index in [1.807, 2.05) is 53.5 Å². The lowest BCUT2D eigenvalue weighted by Crippen LogP contribution is -2.50. The third kappa shape index (κ3) is 2.69. The fourth-order valence-electron chi connectivity index (χ4n) is 3.09. The van der Waals surface area contributed by atoms with Crippen LogP contribution in [-0.2, 0) is 9.53 Å². The predicted octanol–water partition coefficient (Wildman–Crippen LogP) is 2.29. The van der Waals surface area contributed by atoms with Crippen molar-refractivity contribution in [3.8, 4) is 11.5 Å². The summed E-state index contributed by atoms with van der Waals surface area (Å²) in [6.07, 6.45) is 0. The van der Waals surface area contributed by atoms with Crippen LogP contribution in [0.3, 0.4) is 0 Å². The van der Waals surface area contributed by atoms with Gasteiger partial charge in [-0.05, 0) is 12.1 Å². The molecule has 0 aromatic heterocycles. The van der Waals surface area contributed by atoms with Crippen molar-refractivity contribution in [2.75, 3.05) is 26.3 Å². The number of hydrazine groups is 1. The molecular weight excluding hydrogens is 292 g/mol. The van der Waals surface area contributed by atoms with Crippen molar-refractivity contribution in [2.45, 2.75) is 5.92 Å². The zero-order valence-corrected chi connectivity index (χ0v) is 12.7. The number of nitrogens with zero attached hydrogens (tertiary/aromatic N) is 1. The van der Waals surface area contributed by atoms with Crippen LogP contribution in [0.2, 0.25) is 0 Å². The van der Waals surface area contributed by atoms with Crippen molar-refractivity contribution in [3.63, 3.8) is 0 Å². The highest BCUT2D eigenvalue weighted by molar-refractivity contribution is 5.89. The fourth-order valence-corrected chi connectivity index (χ4v) is 3.09. The molecule has 4 rings (SSSR count). The predicted molar refractivity (Wildman–Crippen MR) is 85.3 cm³/mol. The molecule has 1 saturated heterocycles. The summed E-state index contributed by atoms with van der Waals surface area (Å²) in [6, 6.07) is 15.4. The minimum Gasteiger partial charge on any atom is -0.457 e. The van der Waals surface area contributed by atoms with Crippen LogP contribution in [0.25, 0.3) is 0 Å². The number of carbonyl (C=O) groups excluding carboxylic acids is 1. The number of carbonyl (C=O) groups is 1. The quantitative estimate of drug-likeness (QED) is 0.924. The van der Waals surface area contributed by atoms with Gasteiger partial charge < -0.3 is 9.47 Å². The first-order valence-corrected chi connectivity index (χ1v) is 7.82. The molecule has 2 aromatic rings. The Hall–Kier alpha value is -2.37. The lowest BCUT2D eigenvalue weighted by molar-refractivity contribution is -0.128. The van der Waals surface area contributed by atoms with E-state index in [9.17, 15) is 4.79 Å². The van der Waals surface area contributed by atoms with Gasteiger partial charge in [-0.15, -0.1) is 0 Å². The van der Waals surface area contributed by atoms with Crippen LogP contribution >= 0.6 is 0 Å². The van der Waals surface area contributed by atoms with E-state index in [-0.39, 0.29) is 11.8 Å². The van der Waals surface area contributed by atoms with Crippen molar-refractivity contribution in [3.05, 3.63) is 59.7 Å². The molecule has 0 saturated carbocycles. The van der Waals surface area contributed by atoms with Gasteiger partial charge in [0.25, 0.3) is 0 Å². The van der Waals surface area contributed by atoms with E-state index in [1.54, 1.807) is 0 Å². The van der Waals surface area contributed by atoms with Gasteiger partial charge in [-0.1, -0.05) is 36.4 Å². The number of amides is 1. The van der Waals surface area contributed by atoms with Crippen molar-refractivity contribution in [1.29, 1.82) is 0 Å². The molecule has 1 amide bonds. The number of para-hydroxylation sites is 2. The van der Waals surface area contributed by atoms with Crippen molar-refractivity contribution in [2.24, 2.45) is 0 Å². The third-order valence-electron chi connectivity index (χ3n) is 4.22. The molecule has 118 valence electrons. The van der Waals surface area contributed by atoms with Crippen molar-refractivity contribution >= 4 is 5.91 Å². The van der Waals surface area contributed by atoms with Crippen molar-refractivity contribution < 1.29 is 14.3 Å². The Morgan fingerprint density at radius 3 is 2.13 bits per heavy atom. The number of hydrogen-bond donors (Lipinski definition) is 1. The molecule has 0 atom stereocenters. The van der Waals surface area contributed by atoms with E-state index in [1.165, 1.54) is 0 Å². The Balaban J connectivity index is 1.67. The minimum absolute atomic E-state index is 0.0323. The van der Waals surface area contributed by atoms with Crippen LogP contribution in [0.1, 0.15) is 17.0 Å². The smallest absolute Gasteiger partial charge is 0.246 e. The number of nitrogens with one attached hydrogen (secondary N) is 1. The Morgan fingerprint density at radius 2 is 1.52 bits per heavy atom. The van der Waals surface area contributed by atoms with Gasteiger partial charge in [0, 0.05) is 24.2 Å². The molecule has 0 unspecified atom stereocenters. The molecule has 2 aliphatic heterocycles. The molecule has 0 bridgehead atoms. The molecule has 1 N–H and O–H groups in total. The average molecular weight is 310 g/mol. The molecule has 2 heterocycles. The highest BCUT2D eigenvalue weighted by atomic mass is 16.5. The van der Waals surface area contributed by atoms with Crippen LogP contribution in [0.5, 0.6) is 11.5 Å². The normalized spacial score (nSPS) is 17.7. The Kier molecular flexibility index (Phi) is 3.73. The van der Waals surface area contributed by atoms with E-state index in [0.29, 0.717) is 26.3 Å². The molecular formula is C18H18N2O3. The largest absolute Gasteiger partial charge is 0.457 e. The number of fused-ring (bicyclic) bond motifs is 2. The zero-order valence-electron chi connectivity index (χ0n) is 12.7. The summed E-state index contributed by atoms with van der Waals surface area (Å²) < 4.78 is 11.3. The Labute approximate surface area is 134 Å². The maximum atomic E-state index is 12.9. The van der Waals surface area contributed by atoms with Gasteiger partial charge in [0.1, 0.15) is 11.5 Å². The zero-order chi connectivity index (χ0) is 15.6. The second kappa shape index (κ2) is 6.02. The number of ether oxygens (including phenoxy) is 2. The lowest BCUT2D eigenvalue weighted by Gasteiger charge is -2.31. The Morgan fingerprint density at radius 1 is 0.957 bits per heavy atom. The van der Waals surface area contributed by atoms with Crippen molar-refractivity contribution in [1.82, 2.24) is 10.4 Å². The summed E-state index contributed by atoms with van der Waals surface area (Å²) in [5, 5.41) is 1.92. The lowest BCUT2D eigenvalue weighted by atomic mass is 9.87. The summed E-state index contributed by atoms with van der Waals surface area (Å²) >= 11 is 0. The maximum Gasteiger partial charge on any atom is 0.246 e. The molecule has 2 aliphatic rings. The monoisotopic (exact) mass is 310 g/mol. The maximum absolute atomic E-state index is 12.9. The average Bonchev–Trinajstić information content (AvgIpc) is 2.60. The first-order valence-electron chi connectivity index (χ1n) is 7.82. The van der Waals surface area contributed by atoms with E-state index >= 15 is 0 Å². The first kappa shape index (κ1) is 14.2. The van der Waals surface area contributed by atoms with E-state index < -0.39 is 0 Å². The van der Waals surface area contributed by atoms with Crippen LogP contribution in [-0.4, -0.2) is 37.2 Å².